The molecule has 2 aromatic rings. The van der Waals surface area contributed by atoms with Gasteiger partial charge in [0.15, 0.2) is 0 Å². The molecular formula is C13H8BrCl3. The van der Waals surface area contributed by atoms with Gasteiger partial charge in [0.2, 0.25) is 0 Å². The standard InChI is InChI=1S/C13H8BrCl3/c14-7-10-8(3-1-5-11(10)15)9-4-2-6-12(16)13(9)17/h1-6H,7H2. The van der Waals surface area contributed by atoms with Gasteiger partial charge in [0.1, 0.15) is 0 Å². The molecule has 4 heteroatoms. The van der Waals surface area contributed by atoms with Crippen molar-refractivity contribution in [3.8, 4) is 11.1 Å². The van der Waals surface area contributed by atoms with Crippen molar-refractivity contribution in [1.29, 1.82) is 0 Å². The van der Waals surface area contributed by atoms with Crippen molar-refractivity contribution in [2.75, 3.05) is 0 Å². The third kappa shape index (κ3) is 2.63. The van der Waals surface area contributed by atoms with Gasteiger partial charge >= 0.3 is 0 Å². The highest BCUT2D eigenvalue weighted by Gasteiger charge is 2.12. The summed E-state index contributed by atoms with van der Waals surface area (Å²) < 4.78 is 0. The second kappa shape index (κ2) is 5.62. The van der Waals surface area contributed by atoms with Crippen molar-refractivity contribution >= 4 is 50.7 Å². The molecule has 0 unspecified atom stereocenters. The fourth-order valence-electron chi connectivity index (χ4n) is 1.66. The SMILES string of the molecule is Clc1cccc(-c2cccc(Cl)c2CBr)c1Cl. The quantitative estimate of drug-likeness (QED) is 0.565. The lowest BCUT2D eigenvalue weighted by Gasteiger charge is -2.11. The Balaban J connectivity index is 2.68. The number of hydrogen-bond acceptors (Lipinski definition) is 0. The van der Waals surface area contributed by atoms with Crippen LogP contribution in [0.25, 0.3) is 11.1 Å². The molecule has 0 N–H and O–H groups in total. The zero-order chi connectivity index (χ0) is 12.4. The monoisotopic (exact) mass is 348 g/mol. The van der Waals surface area contributed by atoms with Gasteiger partial charge in [0.05, 0.1) is 10.0 Å². The van der Waals surface area contributed by atoms with E-state index in [9.17, 15) is 0 Å². The van der Waals surface area contributed by atoms with Crippen LogP contribution in [0.3, 0.4) is 0 Å². The van der Waals surface area contributed by atoms with Crippen molar-refractivity contribution in [1.82, 2.24) is 0 Å². The van der Waals surface area contributed by atoms with Crippen molar-refractivity contribution in [3.63, 3.8) is 0 Å². The molecule has 0 radical (unpaired) electrons. The molecule has 0 atom stereocenters. The van der Waals surface area contributed by atoms with Crippen molar-refractivity contribution in [2.45, 2.75) is 5.33 Å². The molecule has 0 heterocycles. The van der Waals surface area contributed by atoms with E-state index in [1.165, 1.54) is 0 Å². The molecule has 2 rings (SSSR count). The second-order valence-electron chi connectivity index (χ2n) is 3.50. The minimum atomic E-state index is 0.546. The zero-order valence-corrected chi connectivity index (χ0v) is 12.5. The summed E-state index contributed by atoms with van der Waals surface area (Å²) in [5.41, 5.74) is 2.91. The van der Waals surface area contributed by atoms with E-state index in [1.54, 1.807) is 6.07 Å². The van der Waals surface area contributed by atoms with Crippen molar-refractivity contribution < 1.29 is 0 Å². The lowest BCUT2D eigenvalue weighted by atomic mass is 10.0. The maximum absolute atomic E-state index is 6.22. The molecule has 0 spiro atoms. The summed E-state index contributed by atoms with van der Waals surface area (Å²) in [4.78, 5) is 0. The second-order valence-corrected chi connectivity index (χ2v) is 5.25. The molecule has 0 amide bonds. The van der Waals surface area contributed by atoms with E-state index >= 15 is 0 Å². The smallest absolute Gasteiger partial charge is 0.0670 e. The van der Waals surface area contributed by atoms with E-state index in [0.29, 0.717) is 15.4 Å². The van der Waals surface area contributed by atoms with Crippen LogP contribution >= 0.6 is 50.7 Å². The number of alkyl halides is 1. The molecule has 0 aromatic heterocycles. The highest BCUT2D eigenvalue weighted by atomic mass is 79.9. The maximum atomic E-state index is 6.22. The van der Waals surface area contributed by atoms with Crippen LogP contribution in [0.4, 0.5) is 0 Å². The molecule has 0 aliphatic heterocycles. The van der Waals surface area contributed by atoms with Crippen LogP contribution in [0, 0.1) is 0 Å². The largest absolute Gasteiger partial charge is 0.0875 e. The van der Waals surface area contributed by atoms with Crippen LogP contribution in [0.2, 0.25) is 15.1 Å². The molecule has 0 aliphatic carbocycles. The maximum Gasteiger partial charge on any atom is 0.0670 e. The van der Waals surface area contributed by atoms with Gasteiger partial charge in [-0.05, 0) is 23.3 Å². The first-order chi connectivity index (χ1) is 8.15. The van der Waals surface area contributed by atoms with E-state index in [1.807, 2.05) is 30.3 Å². The predicted octanol–water partition coefficient (Wildman–Crippen LogP) is 6.21. The summed E-state index contributed by atoms with van der Waals surface area (Å²) >= 11 is 21.8. The van der Waals surface area contributed by atoms with Gasteiger partial charge < -0.3 is 0 Å². The van der Waals surface area contributed by atoms with Crippen LogP contribution in [0.5, 0.6) is 0 Å². The minimum absolute atomic E-state index is 0.546. The van der Waals surface area contributed by atoms with E-state index in [0.717, 1.165) is 21.7 Å². The molecular weight excluding hydrogens is 342 g/mol. The van der Waals surface area contributed by atoms with E-state index in [2.05, 4.69) is 15.9 Å². The summed E-state index contributed by atoms with van der Waals surface area (Å²) in [5.74, 6) is 0. The van der Waals surface area contributed by atoms with Crippen LogP contribution < -0.4 is 0 Å². The van der Waals surface area contributed by atoms with Crippen LogP contribution in [0.15, 0.2) is 36.4 Å². The molecule has 88 valence electrons. The fraction of sp³-hybridized carbons (Fsp3) is 0.0769. The number of rotatable bonds is 2. The summed E-state index contributed by atoms with van der Waals surface area (Å²) in [6.07, 6.45) is 0. The Morgan fingerprint density at radius 3 is 2.06 bits per heavy atom. The summed E-state index contributed by atoms with van der Waals surface area (Å²) in [7, 11) is 0. The van der Waals surface area contributed by atoms with Gasteiger partial charge in [-0.1, -0.05) is 75.0 Å². The first-order valence-corrected chi connectivity index (χ1v) is 7.18. The van der Waals surface area contributed by atoms with E-state index < -0.39 is 0 Å². The first kappa shape index (κ1) is 13.2. The van der Waals surface area contributed by atoms with E-state index in [-0.39, 0.29) is 0 Å². The molecule has 0 aliphatic rings. The minimum Gasteiger partial charge on any atom is -0.0875 e. The molecule has 0 bridgehead atoms. The van der Waals surface area contributed by atoms with Crippen molar-refractivity contribution in [2.24, 2.45) is 0 Å². The molecule has 0 fully saturated rings. The molecule has 2 aromatic carbocycles. The molecule has 0 saturated heterocycles. The van der Waals surface area contributed by atoms with Gasteiger partial charge in [0.25, 0.3) is 0 Å². The highest BCUT2D eigenvalue weighted by Crippen LogP contribution is 2.37. The summed E-state index contributed by atoms with van der Waals surface area (Å²) in [6.45, 7) is 0. The van der Waals surface area contributed by atoms with Gasteiger partial charge in [-0.2, -0.15) is 0 Å². The summed E-state index contributed by atoms with van der Waals surface area (Å²) in [5, 5.41) is 2.49. The Kier molecular flexibility index (Phi) is 4.37. The van der Waals surface area contributed by atoms with Crippen LogP contribution in [0.1, 0.15) is 5.56 Å². The molecule has 0 saturated carbocycles. The average molecular weight is 350 g/mol. The highest BCUT2D eigenvalue weighted by molar-refractivity contribution is 9.08. The Morgan fingerprint density at radius 1 is 0.824 bits per heavy atom. The van der Waals surface area contributed by atoms with Gasteiger partial charge in [0, 0.05) is 15.9 Å². The lowest BCUT2D eigenvalue weighted by molar-refractivity contribution is 1.43. The average Bonchev–Trinajstić information content (AvgIpc) is 2.32. The zero-order valence-electron chi connectivity index (χ0n) is 8.68. The summed E-state index contributed by atoms with van der Waals surface area (Å²) in [6, 6.07) is 11.3. The Hall–Kier alpha value is -0.210. The topological polar surface area (TPSA) is 0 Å². The van der Waals surface area contributed by atoms with Gasteiger partial charge in [-0.25, -0.2) is 0 Å². The van der Waals surface area contributed by atoms with Gasteiger partial charge in [-0.3, -0.25) is 0 Å². The van der Waals surface area contributed by atoms with Crippen molar-refractivity contribution in [3.05, 3.63) is 57.0 Å². The number of halogens is 4. The normalized spacial score (nSPS) is 10.6. The molecule has 17 heavy (non-hydrogen) atoms. The first-order valence-electron chi connectivity index (χ1n) is 4.93. The number of hydrogen-bond donors (Lipinski definition) is 0. The van der Waals surface area contributed by atoms with Crippen LogP contribution in [-0.4, -0.2) is 0 Å². The predicted molar refractivity (Wildman–Crippen MR) is 79.5 cm³/mol. The van der Waals surface area contributed by atoms with E-state index in [4.69, 9.17) is 34.8 Å². The fourth-order valence-corrected chi connectivity index (χ4v) is 3.07. The third-order valence-electron chi connectivity index (χ3n) is 2.49. The third-order valence-corrected chi connectivity index (χ3v) is 4.23. The Labute approximate surface area is 124 Å². The Morgan fingerprint density at radius 2 is 1.41 bits per heavy atom. The molecule has 0 nitrogen and oxygen atoms in total. The van der Waals surface area contributed by atoms with Crippen LogP contribution in [-0.2, 0) is 5.33 Å². The number of benzene rings is 2. The Bertz CT molecular complexity index is 552. The van der Waals surface area contributed by atoms with Gasteiger partial charge in [-0.15, -0.1) is 0 Å². The lowest BCUT2D eigenvalue weighted by Crippen LogP contribution is -1.88.